The average Bonchev–Trinajstić information content (AvgIpc) is 2.94. The zero-order valence-electron chi connectivity index (χ0n) is 11.2. The smallest absolute Gasteiger partial charge is 0.136 e. The molecule has 3 N–H and O–H groups in total. The Kier molecular flexibility index (Phi) is 3.30. The van der Waals surface area contributed by atoms with Crippen molar-refractivity contribution < 1.29 is 0 Å². The van der Waals surface area contributed by atoms with E-state index in [0.717, 1.165) is 28.4 Å². The van der Waals surface area contributed by atoms with Crippen LogP contribution in [0.25, 0.3) is 11.0 Å². The van der Waals surface area contributed by atoms with E-state index in [1.165, 1.54) is 0 Å². The van der Waals surface area contributed by atoms with Gasteiger partial charge >= 0.3 is 0 Å². The number of imidazole rings is 1. The lowest BCUT2D eigenvalue weighted by Crippen LogP contribution is -2.14. The summed E-state index contributed by atoms with van der Waals surface area (Å²) in [7, 11) is 1.98. The van der Waals surface area contributed by atoms with Crippen molar-refractivity contribution in [1.82, 2.24) is 19.9 Å². The summed E-state index contributed by atoms with van der Waals surface area (Å²) in [5, 5.41) is 0. The van der Waals surface area contributed by atoms with Crippen molar-refractivity contribution in [1.29, 1.82) is 0 Å². The van der Waals surface area contributed by atoms with E-state index < -0.39 is 0 Å². The zero-order valence-corrected chi connectivity index (χ0v) is 11.2. The molecule has 0 saturated carbocycles. The fourth-order valence-corrected chi connectivity index (χ4v) is 2.09. The lowest BCUT2D eigenvalue weighted by Gasteiger charge is -2.18. The molecule has 0 aliphatic heterocycles. The van der Waals surface area contributed by atoms with Crippen LogP contribution < -0.4 is 10.6 Å². The van der Waals surface area contributed by atoms with Crippen molar-refractivity contribution in [2.24, 2.45) is 5.73 Å². The zero-order chi connectivity index (χ0) is 13.9. The van der Waals surface area contributed by atoms with Crippen LogP contribution in [0.2, 0.25) is 0 Å². The molecule has 0 unspecified atom stereocenters. The highest BCUT2D eigenvalue weighted by atomic mass is 15.2. The Bertz CT molecular complexity index is 720. The molecule has 0 fully saturated rings. The van der Waals surface area contributed by atoms with Gasteiger partial charge in [0.25, 0.3) is 0 Å². The number of hydrogen-bond donors (Lipinski definition) is 2. The summed E-state index contributed by atoms with van der Waals surface area (Å²) < 4.78 is 0. The lowest BCUT2D eigenvalue weighted by molar-refractivity contribution is 0.862. The monoisotopic (exact) mass is 268 g/mol. The highest BCUT2D eigenvalue weighted by molar-refractivity contribution is 5.80. The fraction of sp³-hybridized carbons (Fsp3) is 0.214. The predicted octanol–water partition coefficient (Wildman–Crippen LogP) is 1.62. The third kappa shape index (κ3) is 2.33. The molecule has 0 aliphatic carbocycles. The molecular formula is C14H16N6. The first-order valence-electron chi connectivity index (χ1n) is 6.47. The largest absolute Gasteiger partial charge is 0.345 e. The third-order valence-corrected chi connectivity index (χ3v) is 3.19. The van der Waals surface area contributed by atoms with Crippen LogP contribution in [0.5, 0.6) is 0 Å². The van der Waals surface area contributed by atoms with Gasteiger partial charge in [0.1, 0.15) is 11.6 Å². The van der Waals surface area contributed by atoms with Gasteiger partial charge < -0.3 is 15.6 Å². The first kappa shape index (κ1) is 12.6. The van der Waals surface area contributed by atoms with Gasteiger partial charge in [-0.05, 0) is 30.8 Å². The Labute approximate surface area is 116 Å². The molecular weight excluding hydrogens is 252 g/mol. The molecule has 0 radical (unpaired) electrons. The summed E-state index contributed by atoms with van der Waals surface area (Å²) in [6.07, 6.45) is 4.14. The molecule has 102 valence electrons. The maximum atomic E-state index is 5.54. The van der Waals surface area contributed by atoms with Crippen molar-refractivity contribution in [3.63, 3.8) is 0 Å². The summed E-state index contributed by atoms with van der Waals surface area (Å²) in [6.45, 7) is 0.549. The maximum absolute atomic E-state index is 5.54. The molecule has 1 aromatic carbocycles. The number of aromatic amines is 1. The van der Waals surface area contributed by atoms with Crippen molar-refractivity contribution in [2.75, 3.05) is 18.5 Å². The number of hydrogen-bond acceptors (Lipinski definition) is 5. The molecule has 0 saturated heterocycles. The predicted molar refractivity (Wildman–Crippen MR) is 78.9 cm³/mol. The topological polar surface area (TPSA) is 83.7 Å². The molecule has 3 rings (SSSR count). The molecule has 0 bridgehead atoms. The van der Waals surface area contributed by atoms with Gasteiger partial charge in [-0.25, -0.2) is 15.0 Å². The van der Waals surface area contributed by atoms with Gasteiger partial charge in [0.2, 0.25) is 0 Å². The first-order valence-corrected chi connectivity index (χ1v) is 6.47. The molecule has 0 atom stereocenters. The third-order valence-electron chi connectivity index (χ3n) is 3.19. The van der Waals surface area contributed by atoms with E-state index in [0.29, 0.717) is 13.0 Å². The minimum atomic E-state index is 0.549. The molecule has 6 nitrogen and oxygen atoms in total. The summed E-state index contributed by atoms with van der Waals surface area (Å²) >= 11 is 0. The summed E-state index contributed by atoms with van der Waals surface area (Å²) in [5.41, 5.74) is 8.54. The van der Waals surface area contributed by atoms with Gasteiger partial charge in [-0.2, -0.15) is 0 Å². The number of rotatable bonds is 4. The second-order valence-electron chi connectivity index (χ2n) is 4.53. The number of H-pyrrole nitrogens is 1. The number of nitrogens with one attached hydrogen (secondary N) is 1. The van der Waals surface area contributed by atoms with Crippen molar-refractivity contribution in [2.45, 2.75) is 6.42 Å². The molecule has 20 heavy (non-hydrogen) atoms. The van der Waals surface area contributed by atoms with Crippen LogP contribution >= 0.6 is 0 Å². The van der Waals surface area contributed by atoms with Gasteiger partial charge in [0, 0.05) is 25.4 Å². The number of nitrogens with zero attached hydrogens (tertiary/aromatic N) is 4. The van der Waals surface area contributed by atoms with Crippen LogP contribution in [-0.4, -0.2) is 33.5 Å². The van der Waals surface area contributed by atoms with Crippen LogP contribution in [0.4, 0.5) is 11.5 Å². The van der Waals surface area contributed by atoms with Crippen LogP contribution in [0.1, 0.15) is 5.82 Å². The number of benzene rings is 1. The molecule has 0 aliphatic rings. The number of anilines is 2. The van der Waals surface area contributed by atoms with E-state index in [-0.39, 0.29) is 0 Å². The van der Waals surface area contributed by atoms with Crippen LogP contribution in [-0.2, 0) is 6.42 Å². The van der Waals surface area contributed by atoms with Crippen LogP contribution in [0.15, 0.2) is 36.8 Å². The molecule has 2 heterocycles. The van der Waals surface area contributed by atoms with E-state index in [1.54, 1.807) is 12.5 Å². The van der Waals surface area contributed by atoms with Gasteiger partial charge in [-0.3, -0.25) is 0 Å². The number of fused-ring (bicyclic) bond motifs is 1. The molecule has 3 aromatic rings. The second kappa shape index (κ2) is 5.26. The quantitative estimate of drug-likeness (QED) is 0.751. The Balaban J connectivity index is 1.94. The standard InChI is InChI=1S/C14H16N6/c1-20(14-5-7-16-13(19-14)4-6-15)10-2-3-11-12(8-10)18-9-17-11/h2-3,5,7-9H,4,6,15H2,1H3,(H,17,18). The Morgan fingerprint density at radius 1 is 1.25 bits per heavy atom. The molecule has 0 spiro atoms. The van der Waals surface area contributed by atoms with Gasteiger partial charge in [-0.15, -0.1) is 0 Å². The van der Waals surface area contributed by atoms with Gasteiger partial charge in [0.05, 0.1) is 17.4 Å². The molecule has 2 aromatic heterocycles. The van der Waals surface area contributed by atoms with Crippen LogP contribution in [0, 0.1) is 0 Å². The van der Waals surface area contributed by atoms with Crippen LogP contribution in [0.3, 0.4) is 0 Å². The summed E-state index contributed by atoms with van der Waals surface area (Å²) in [5.74, 6) is 1.61. The Morgan fingerprint density at radius 2 is 2.15 bits per heavy atom. The Hall–Kier alpha value is -2.47. The number of nitrogens with two attached hydrogens (primary N) is 1. The minimum absolute atomic E-state index is 0.549. The van der Waals surface area contributed by atoms with E-state index in [1.807, 2.05) is 36.2 Å². The summed E-state index contributed by atoms with van der Waals surface area (Å²) in [6, 6.07) is 7.94. The SMILES string of the molecule is CN(c1ccc2nc[nH]c2c1)c1ccnc(CCN)n1. The fourth-order valence-electron chi connectivity index (χ4n) is 2.09. The highest BCUT2D eigenvalue weighted by Gasteiger charge is 2.08. The average molecular weight is 268 g/mol. The normalized spacial score (nSPS) is 10.9. The molecule has 0 amide bonds. The first-order chi connectivity index (χ1) is 9.78. The molecule has 6 heteroatoms. The van der Waals surface area contributed by atoms with Crippen molar-refractivity contribution in [3.8, 4) is 0 Å². The highest BCUT2D eigenvalue weighted by Crippen LogP contribution is 2.24. The van der Waals surface area contributed by atoms with Gasteiger partial charge in [0.15, 0.2) is 0 Å². The minimum Gasteiger partial charge on any atom is -0.345 e. The lowest BCUT2D eigenvalue weighted by atomic mass is 10.2. The van der Waals surface area contributed by atoms with E-state index in [2.05, 4.69) is 19.9 Å². The van der Waals surface area contributed by atoms with E-state index in [9.17, 15) is 0 Å². The van der Waals surface area contributed by atoms with Crippen molar-refractivity contribution in [3.05, 3.63) is 42.6 Å². The number of aromatic nitrogens is 4. The summed E-state index contributed by atoms with van der Waals surface area (Å²) in [4.78, 5) is 18.1. The van der Waals surface area contributed by atoms with E-state index in [4.69, 9.17) is 5.73 Å². The van der Waals surface area contributed by atoms with Crippen molar-refractivity contribution >= 4 is 22.5 Å². The maximum Gasteiger partial charge on any atom is 0.136 e. The Morgan fingerprint density at radius 3 is 3.00 bits per heavy atom. The second-order valence-corrected chi connectivity index (χ2v) is 4.53. The van der Waals surface area contributed by atoms with Gasteiger partial charge in [-0.1, -0.05) is 0 Å². The van der Waals surface area contributed by atoms with E-state index >= 15 is 0 Å².